The van der Waals surface area contributed by atoms with Crippen molar-refractivity contribution < 1.29 is 51.0 Å². The zero-order chi connectivity index (χ0) is 17.2. The first-order valence-corrected chi connectivity index (χ1v) is 10.4. The van der Waals surface area contributed by atoms with Crippen molar-refractivity contribution in [1.82, 2.24) is 0 Å². The van der Waals surface area contributed by atoms with Crippen LogP contribution in [0.5, 0.6) is 0 Å². The summed E-state index contributed by atoms with van der Waals surface area (Å²) in [5.41, 5.74) is 2.70. The van der Waals surface area contributed by atoms with E-state index in [4.69, 9.17) is 0 Å². The third-order valence-corrected chi connectivity index (χ3v) is 7.02. The fraction of sp³-hybridized carbons (Fsp3) is 0.217. The Balaban J connectivity index is 0.000000269. The summed E-state index contributed by atoms with van der Waals surface area (Å²) in [5, 5.41) is 0. The van der Waals surface area contributed by atoms with Crippen molar-refractivity contribution in [3.05, 3.63) is 97.5 Å². The van der Waals surface area contributed by atoms with Crippen LogP contribution in [0.25, 0.3) is 6.08 Å². The molecule has 0 fully saturated rings. The van der Waals surface area contributed by atoms with Crippen molar-refractivity contribution >= 4 is 29.2 Å². The summed E-state index contributed by atoms with van der Waals surface area (Å²) in [5.74, 6) is 1.000. The molecular formula is C23H21Cl2S2Zr. The fourth-order valence-electron chi connectivity index (χ4n) is 3.30. The van der Waals surface area contributed by atoms with Crippen LogP contribution in [0.1, 0.15) is 40.1 Å². The van der Waals surface area contributed by atoms with E-state index < -0.39 is 0 Å². The van der Waals surface area contributed by atoms with Crippen LogP contribution in [0.3, 0.4) is 0 Å². The smallest absolute Gasteiger partial charge is 1.00 e. The molecule has 1 aromatic carbocycles. The van der Waals surface area contributed by atoms with Gasteiger partial charge in [-0.05, 0) is 35.3 Å². The normalized spacial score (nSPS) is 19.8. The molecule has 0 amide bonds. The Morgan fingerprint density at radius 2 is 1.86 bits per heavy atom. The molecule has 1 aromatic heterocycles. The number of hydrogen-bond donors (Lipinski definition) is 0. The van der Waals surface area contributed by atoms with E-state index in [-0.39, 0.29) is 51.0 Å². The number of aryl methyl sites for hydroxylation is 1. The van der Waals surface area contributed by atoms with Gasteiger partial charge in [0.25, 0.3) is 0 Å². The van der Waals surface area contributed by atoms with Gasteiger partial charge < -0.3 is 24.8 Å². The molecule has 0 nitrogen and oxygen atoms in total. The van der Waals surface area contributed by atoms with Crippen LogP contribution >= 0.6 is 23.1 Å². The van der Waals surface area contributed by atoms with Gasteiger partial charge in [-0.2, -0.15) is 5.56 Å². The second-order valence-corrected chi connectivity index (χ2v) is 8.91. The Hall–Kier alpha value is -0.307. The van der Waals surface area contributed by atoms with E-state index in [0.717, 1.165) is 0 Å². The largest absolute Gasteiger partial charge is 3.00 e. The minimum Gasteiger partial charge on any atom is -1.00 e. The van der Waals surface area contributed by atoms with Gasteiger partial charge in [0, 0.05) is 15.7 Å². The molecule has 2 heterocycles. The Kier molecular flexibility index (Phi) is 10.8. The van der Waals surface area contributed by atoms with Crippen molar-refractivity contribution in [2.24, 2.45) is 5.92 Å². The molecule has 5 heteroatoms. The van der Waals surface area contributed by atoms with Crippen LogP contribution in [0.2, 0.25) is 0 Å². The average Bonchev–Trinajstić information content (AvgIpc) is 3.37. The van der Waals surface area contributed by atoms with Gasteiger partial charge in [-0.25, -0.2) is 6.08 Å². The van der Waals surface area contributed by atoms with Gasteiger partial charge in [-0.15, -0.1) is 23.0 Å². The van der Waals surface area contributed by atoms with E-state index in [1.165, 1.54) is 37.1 Å². The minimum atomic E-state index is 0. The van der Waals surface area contributed by atoms with Gasteiger partial charge in [0.1, 0.15) is 0 Å². The van der Waals surface area contributed by atoms with Gasteiger partial charge in [0.2, 0.25) is 0 Å². The minimum absolute atomic E-state index is 0. The second-order valence-electron chi connectivity index (χ2n) is 6.39. The molecule has 2 unspecified atom stereocenters. The molecule has 2 aliphatic carbocycles. The summed E-state index contributed by atoms with van der Waals surface area (Å²) in [6.45, 7) is 4.36. The van der Waals surface area contributed by atoms with Gasteiger partial charge in [0.15, 0.2) is 0 Å². The van der Waals surface area contributed by atoms with Crippen LogP contribution in [0.4, 0.5) is 0 Å². The first kappa shape index (κ1) is 25.7. The molecule has 28 heavy (non-hydrogen) atoms. The van der Waals surface area contributed by atoms with Gasteiger partial charge in [-0.3, -0.25) is 6.08 Å². The molecule has 0 spiro atoms. The Labute approximate surface area is 208 Å². The number of halogens is 2. The summed E-state index contributed by atoms with van der Waals surface area (Å²) < 4.78 is 0. The van der Waals surface area contributed by atoms with E-state index in [1.807, 2.05) is 23.1 Å². The van der Waals surface area contributed by atoms with Crippen LogP contribution < -0.4 is 24.8 Å². The quantitative estimate of drug-likeness (QED) is 0.532. The maximum Gasteiger partial charge on any atom is 3.00 e. The van der Waals surface area contributed by atoms with E-state index in [0.29, 0.717) is 11.8 Å². The zero-order valence-electron chi connectivity index (χ0n) is 15.8. The predicted octanol–water partition coefficient (Wildman–Crippen LogP) is 1.12. The number of fused-ring (bicyclic) bond motifs is 2. The Morgan fingerprint density at radius 1 is 1.07 bits per heavy atom. The molecule has 2 atom stereocenters. The number of thiophene rings is 1. The molecule has 0 saturated carbocycles. The zero-order valence-corrected chi connectivity index (χ0v) is 21.4. The fourth-order valence-corrected chi connectivity index (χ4v) is 5.35. The number of thioether (sulfide) groups is 1. The molecule has 2 aromatic rings. The molecule has 5 rings (SSSR count). The van der Waals surface area contributed by atoms with Gasteiger partial charge >= 0.3 is 26.2 Å². The van der Waals surface area contributed by atoms with Crippen molar-refractivity contribution in [3.8, 4) is 0 Å². The maximum absolute atomic E-state index is 3.44. The molecule has 3 aliphatic rings. The van der Waals surface area contributed by atoms with Crippen molar-refractivity contribution in [2.75, 3.05) is 0 Å². The van der Waals surface area contributed by atoms with Crippen LogP contribution in [-0.2, 0) is 26.2 Å². The average molecular weight is 524 g/mol. The van der Waals surface area contributed by atoms with Gasteiger partial charge in [-0.1, -0.05) is 67.1 Å². The van der Waals surface area contributed by atoms with Gasteiger partial charge in [0.05, 0.1) is 0 Å². The molecular weight excluding hydrogens is 503 g/mol. The molecule has 143 valence electrons. The molecule has 0 saturated heterocycles. The summed E-state index contributed by atoms with van der Waals surface area (Å²) in [4.78, 5) is 5.81. The van der Waals surface area contributed by atoms with Crippen LogP contribution in [-0.4, -0.2) is 0 Å². The molecule has 1 aliphatic heterocycles. The standard InChI is InChI=1S/C14H11S.C9H10S.2ClH.Zr/c1-10-6-9-14(15-10)13-8-7-11-4-2-3-5-12(11)13;1-2-8-6-7-4-3-5-9(7)10-8;;;/h2-7,9,13H,1H3;3-7H,2H2,1H3;2*1H;/q-1;;;;+3/p-2. The summed E-state index contributed by atoms with van der Waals surface area (Å²) in [6, 6.07) is 12.9. The topological polar surface area (TPSA) is 0 Å². The van der Waals surface area contributed by atoms with Crippen molar-refractivity contribution in [3.63, 3.8) is 0 Å². The summed E-state index contributed by atoms with van der Waals surface area (Å²) in [6.07, 6.45) is 15.7. The van der Waals surface area contributed by atoms with Crippen molar-refractivity contribution in [1.29, 1.82) is 0 Å². The first-order valence-electron chi connectivity index (χ1n) is 8.76. The molecule has 1 radical (unpaired) electrons. The van der Waals surface area contributed by atoms with E-state index in [2.05, 4.69) is 86.7 Å². The number of allylic oxidation sites excluding steroid dienone is 7. The third-order valence-electron chi connectivity index (χ3n) is 4.63. The Bertz CT molecular complexity index is 909. The summed E-state index contributed by atoms with van der Waals surface area (Å²) in [7, 11) is 0. The molecule has 0 N–H and O–H groups in total. The predicted molar refractivity (Wildman–Crippen MR) is 112 cm³/mol. The van der Waals surface area contributed by atoms with Crippen LogP contribution in [0.15, 0.2) is 70.5 Å². The van der Waals surface area contributed by atoms with Crippen molar-refractivity contribution in [2.45, 2.75) is 26.2 Å². The first-order chi connectivity index (χ1) is 12.2. The van der Waals surface area contributed by atoms with Crippen LogP contribution in [0, 0.1) is 18.9 Å². The maximum atomic E-state index is 3.44. The number of benzene rings is 1. The SMILES string of the molecule is CCC1=CC2C=CC=C2S1.Cc1ccc(C2[C-]=Cc3ccccc32)s1.[Cl-].[Cl-].[Zr+3]. The van der Waals surface area contributed by atoms with E-state index in [9.17, 15) is 0 Å². The van der Waals surface area contributed by atoms with E-state index >= 15 is 0 Å². The molecule has 0 bridgehead atoms. The Morgan fingerprint density at radius 3 is 2.54 bits per heavy atom. The summed E-state index contributed by atoms with van der Waals surface area (Å²) >= 11 is 3.81. The second kappa shape index (κ2) is 11.8. The van der Waals surface area contributed by atoms with E-state index in [1.54, 1.807) is 0 Å². The number of rotatable bonds is 2. The number of hydrogen-bond acceptors (Lipinski definition) is 2. The third kappa shape index (κ3) is 5.64. The monoisotopic (exact) mass is 521 g/mol.